The average Bonchev–Trinajstić information content (AvgIpc) is 3.38. The number of benzene rings is 2. The zero-order chi connectivity index (χ0) is 23.6. The SMILES string of the molecule is CCN(C(=O)CSc1nnc(-c2ccccc2)n1-c1ccc(C)c(C)c1)C1CCS(=O)(=O)C1. The second-order valence-corrected chi connectivity index (χ2v) is 11.5. The Balaban J connectivity index is 1.62. The van der Waals surface area contributed by atoms with Gasteiger partial charge >= 0.3 is 0 Å². The van der Waals surface area contributed by atoms with Gasteiger partial charge in [-0.2, -0.15) is 0 Å². The third kappa shape index (κ3) is 5.14. The van der Waals surface area contributed by atoms with Gasteiger partial charge in [-0.15, -0.1) is 10.2 Å². The first-order valence-corrected chi connectivity index (χ1v) is 13.8. The summed E-state index contributed by atoms with van der Waals surface area (Å²) >= 11 is 1.33. The standard InChI is InChI=1S/C24H28N4O3S2/c1-4-27(21-12-13-33(30,31)16-21)22(29)15-32-24-26-25-23(19-8-6-5-7-9-19)28(24)20-11-10-17(2)18(3)14-20/h5-11,14,21H,4,12-13,15-16H2,1-3H3. The Kier molecular flexibility index (Phi) is 6.90. The van der Waals surface area contributed by atoms with E-state index in [4.69, 9.17) is 0 Å². The molecular formula is C24H28N4O3S2. The van der Waals surface area contributed by atoms with Crippen LogP contribution < -0.4 is 0 Å². The molecule has 4 rings (SSSR count). The number of amides is 1. The highest BCUT2D eigenvalue weighted by molar-refractivity contribution is 7.99. The lowest BCUT2D eigenvalue weighted by Crippen LogP contribution is -2.42. The normalized spacial score (nSPS) is 17.2. The number of sulfone groups is 1. The van der Waals surface area contributed by atoms with Crippen LogP contribution in [0.25, 0.3) is 17.1 Å². The summed E-state index contributed by atoms with van der Waals surface area (Å²) in [5, 5.41) is 9.48. The first-order valence-electron chi connectivity index (χ1n) is 11.0. The van der Waals surface area contributed by atoms with Crippen LogP contribution in [0.5, 0.6) is 0 Å². The number of carbonyl (C=O) groups excluding carboxylic acids is 1. The van der Waals surface area contributed by atoms with E-state index in [2.05, 4.69) is 36.2 Å². The van der Waals surface area contributed by atoms with Crippen LogP contribution in [0.4, 0.5) is 0 Å². The molecule has 1 aromatic heterocycles. The van der Waals surface area contributed by atoms with Crippen molar-refractivity contribution >= 4 is 27.5 Å². The average molecular weight is 485 g/mol. The van der Waals surface area contributed by atoms with Crippen LogP contribution in [0.3, 0.4) is 0 Å². The maximum absolute atomic E-state index is 13.0. The molecule has 1 aliphatic heterocycles. The summed E-state index contributed by atoms with van der Waals surface area (Å²) in [7, 11) is -3.06. The Hall–Kier alpha value is -2.65. The van der Waals surface area contributed by atoms with Crippen molar-refractivity contribution in [1.29, 1.82) is 0 Å². The quantitative estimate of drug-likeness (QED) is 0.476. The topological polar surface area (TPSA) is 85.2 Å². The first kappa shape index (κ1) is 23.5. The molecule has 0 saturated carbocycles. The lowest BCUT2D eigenvalue weighted by atomic mass is 10.1. The van der Waals surface area contributed by atoms with Crippen molar-refractivity contribution in [3.05, 3.63) is 59.7 Å². The van der Waals surface area contributed by atoms with Gasteiger partial charge in [0.05, 0.1) is 22.9 Å². The molecule has 1 amide bonds. The Labute approximate surface area is 199 Å². The van der Waals surface area contributed by atoms with E-state index in [-0.39, 0.29) is 29.2 Å². The third-order valence-electron chi connectivity index (χ3n) is 6.05. The highest BCUT2D eigenvalue weighted by atomic mass is 32.2. The van der Waals surface area contributed by atoms with Crippen LogP contribution in [0.2, 0.25) is 0 Å². The minimum absolute atomic E-state index is 0.0498. The number of rotatable bonds is 7. The minimum Gasteiger partial charge on any atom is -0.338 e. The van der Waals surface area contributed by atoms with Gasteiger partial charge < -0.3 is 4.90 Å². The van der Waals surface area contributed by atoms with Gasteiger partial charge in [-0.05, 0) is 50.5 Å². The second-order valence-electron chi connectivity index (χ2n) is 8.30. The highest BCUT2D eigenvalue weighted by Crippen LogP contribution is 2.29. The van der Waals surface area contributed by atoms with Crippen LogP contribution >= 0.6 is 11.8 Å². The van der Waals surface area contributed by atoms with Crippen LogP contribution in [-0.2, 0) is 14.6 Å². The number of carbonyl (C=O) groups is 1. The Morgan fingerprint density at radius 3 is 2.52 bits per heavy atom. The van der Waals surface area contributed by atoms with E-state index in [0.717, 1.165) is 16.8 Å². The summed E-state index contributed by atoms with van der Waals surface area (Å²) in [4.78, 5) is 14.7. The number of hydrogen-bond donors (Lipinski definition) is 0. The van der Waals surface area contributed by atoms with Gasteiger partial charge in [0.2, 0.25) is 5.91 Å². The van der Waals surface area contributed by atoms with Crippen molar-refractivity contribution in [2.24, 2.45) is 0 Å². The lowest BCUT2D eigenvalue weighted by Gasteiger charge is -2.26. The van der Waals surface area contributed by atoms with E-state index in [1.807, 2.05) is 47.9 Å². The van der Waals surface area contributed by atoms with Gasteiger partial charge in [-0.3, -0.25) is 9.36 Å². The molecule has 1 atom stereocenters. The first-order chi connectivity index (χ1) is 15.8. The van der Waals surface area contributed by atoms with Crippen LogP contribution in [-0.4, -0.2) is 63.8 Å². The molecule has 1 unspecified atom stereocenters. The fourth-order valence-corrected chi connectivity index (χ4v) is 6.67. The number of aryl methyl sites for hydroxylation is 2. The smallest absolute Gasteiger partial charge is 0.233 e. The Morgan fingerprint density at radius 1 is 1.12 bits per heavy atom. The largest absolute Gasteiger partial charge is 0.338 e. The summed E-state index contributed by atoms with van der Waals surface area (Å²) in [6, 6.07) is 15.8. The van der Waals surface area contributed by atoms with E-state index in [0.29, 0.717) is 23.9 Å². The van der Waals surface area contributed by atoms with Gasteiger partial charge in [0, 0.05) is 18.2 Å². The number of thioether (sulfide) groups is 1. The second kappa shape index (κ2) is 9.69. The van der Waals surface area contributed by atoms with Crippen molar-refractivity contribution in [3.8, 4) is 17.1 Å². The molecule has 2 heterocycles. The zero-order valence-corrected chi connectivity index (χ0v) is 20.7. The van der Waals surface area contributed by atoms with E-state index in [9.17, 15) is 13.2 Å². The van der Waals surface area contributed by atoms with Crippen molar-refractivity contribution in [3.63, 3.8) is 0 Å². The predicted molar refractivity (Wildman–Crippen MR) is 131 cm³/mol. The van der Waals surface area contributed by atoms with Gasteiger partial charge in [-0.1, -0.05) is 48.2 Å². The molecule has 7 nitrogen and oxygen atoms in total. The van der Waals surface area contributed by atoms with Crippen LogP contribution in [0.1, 0.15) is 24.5 Å². The molecule has 1 saturated heterocycles. The van der Waals surface area contributed by atoms with Gasteiger partial charge in [0.15, 0.2) is 20.8 Å². The summed E-state index contributed by atoms with van der Waals surface area (Å²) in [5.41, 5.74) is 4.23. The molecule has 0 bridgehead atoms. The maximum Gasteiger partial charge on any atom is 0.233 e. The van der Waals surface area contributed by atoms with E-state index in [1.54, 1.807) is 4.90 Å². The Morgan fingerprint density at radius 2 is 1.88 bits per heavy atom. The summed E-state index contributed by atoms with van der Waals surface area (Å²) in [5.74, 6) is 0.996. The summed E-state index contributed by atoms with van der Waals surface area (Å²) in [6.07, 6.45) is 0.504. The van der Waals surface area contributed by atoms with Gasteiger partial charge in [-0.25, -0.2) is 8.42 Å². The maximum atomic E-state index is 13.0. The van der Waals surface area contributed by atoms with Crippen LogP contribution in [0.15, 0.2) is 53.7 Å². The molecule has 0 N–H and O–H groups in total. The van der Waals surface area contributed by atoms with Crippen LogP contribution in [0, 0.1) is 13.8 Å². The van der Waals surface area contributed by atoms with E-state index >= 15 is 0 Å². The monoisotopic (exact) mass is 484 g/mol. The zero-order valence-electron chi connectivity index (χ0n) is 19.1. The predicted octanol–water partition coefficient (Wildman–Crippen LogP) is 3.68. The fourth-order valence-electron chi connectivity index (χ4n) is 4.10. The van der Waals surface area contributed by atoms with Crippen molar-refractivity contribution in [1.82, 2.24) is 19.7 Å². The molecule has 174 valence electrons. The minimum atomic E-state index is -3.06. The number of aromatic nitrogens is 3. The molecular weight excluding hydrogens is 456 g/mol. The highest BCUT2D eigenvalue weighted by Gasteiger charge is 2.34. The molecule has 1 aliphatic rings. The summed E-state index contributed by atoms with van der Waals surface area (Å²) in [6.45, 7) is 6.51. The molecule has 0 aliphatic carbocycles. The van der Waals surface area contributed by atoms with E-state index in [1.165, 1.54) is 17.3 Å². The number of hydrogen-bond acceptors (Lipinski definition) is 6. The van der Waals surface area contributed by atoms with Gasteiger partial charge in [0.1, 0.15) is 0 Å². The van der Waals surface area contributed by atoms with Crippen molar-refractivity contribution < 1.29 is 13.2 Å². The fraction of sp³-hybridized carbons (Fsp3) is 0.375. The van der Waals surface area contributed by atoms with Crippen molar-refractivity contribution in [2.75, 3.05) is 23.8 Å². The molecule has 33 heavy (non-hydrogen) atoms. The molecule has 1 fully saturated rings. The molecule has 0 spiro atoms. The lowest BCUT2D eigenvalue weighted by molar-refractivity contribution is -0.129. The molecule has 3 aromatic rings. The summed E-state index contributed by atoms with van der Waals surface area (Å²) < 4.78 is 25.8. The molecule has 2 aromatic carbocycles. The Bertz CT molecular complexity index is 1260. The third-order valence-corrected chi connectivity index (χ3v) is 8.71. The molecule has 0 radical (unpaired) electrons. The van der Waals surface area contributed by atoms with Gasteiger partial charge in [0.25, 0.3) is 0 Å². The van der Waals surface area contributed by atoms with E-state index < -0.39 is 9.84 Å². The van der Waals surface area contributed by atoms with Crippen molar-refractivity contribution in [2.45, 2.75) is 38.4 Å². The number of nitrogens with zero attached hydrogens (tertiary/aromatic N) is 4. The molecule has 9 heteroatoms.